The second-order valence-corrected chi connectivity index (χ2v) is 6.09. The summed E-state index contributed by atoms with van der Waals surface area (Å²) in [5.74, 6) is 1.11. The third-order valence-electron chi connectivity index (χ3n) is 4.67. The molecule has 0 radical (unpaired) electrons. The maximum atomic E-state index is 12.6. The normalized spacial score (nSPS) is 15.8. The summed E-state index contributed by atoms with van der Waals surface area (Å²) in [6, 6.07) is 12.4. The molecular formula is C19H22O. The van der Waals surface area contributed by atoms with Gasteiger partial charge in [0.1, 0.15) is 0 Å². The quantitative estimate of drug-likeness (QED) is 0.686. The number of fused-ring (bicyclic) bond motifs is 1. The van der Waals surface area contributed by atoms with Crippen molar-refractivity contribution >= 4 is 16.6 Å². The fourth-order valence-corrected chi connectivity index (χ4v) is 3.51. The van der Waals surface area contributed by atoms with Crippen molar-refractivity contribution in [3.8, 4) is 0 Å². The van der Waals surface area contributed by atoms with Gasteiger partial charge in [-0.15, -0.1) is 0 Å². The molecule has 20 heavy (non-hydrogen) atoms. The van der Waals surface area contributed by atoms with Gasteiger partial charge < -0.3 is 0 Å². The van der Waals surface area contributed by atoms with Crippen molar-refractivity contribution in [3.63, 3.8) is 0 Å². The number of hydrogen-bond donors (Lipinski definition) is 0. The van der Waals surface area contributed by atoms with Gasteiger partial charge in [-0.1, -0.05) is 62.1 Å². The van der Waals surface area contributed by atoms with Gasteiger partial charge in [0.15, 0.2) is 5.78 Å². The Morgan fingerprint density at radius 3 is 2.65 bits per heavy atom. The van der Waals surface area contributed by atoms with E-state index in [1.807, 2.05) is 12.1 Å². The van der Waals surface area contributed by atoms with Gasteiger partial charge in [0, 0.05) is 12.0 Å². The van der Waals surface area contributed by atoms with Crippen molar-refractivity contribution in [2.24, 2.45) is 5.92 Å². The summed E-state index contributed by atoms with van der Waals surface area (Å²) < 4.78 is 0. The number of ketones is 1. The molecule has 1 saturated carbocycles. The van der Waals surface area contributed by atoms with Gasteiger partial charge in [0.25, 0.3) is 0 Å². The number of rotatable bonds is 4. The number of carbonyl (C=O) groups excluding carboxylic acids is 1. The molecule has 0 unspecified atom stereocenters. The van der Waals surface area contributed by atoms with Crippen LogP contribution in [0.15, 0.2) is 36.4 Å². The third-order valence-corrected chi connectivity index (χ3v) is 4.67. The largest absolute Gasteiger partial charge is 0.294 e. The van der Waals surface area contributed by atoms with Gasteiger partial charge in [0.05, 0.1) is 0 Å². The van der Waals surface area contributed by atoms with Gasteiger partial charge >= 0.3 is 0 Å². The van der Waals surface area contributed by atoms with Crippen molar-refractivity contribution in [1.82, 2.24) is 0 Å². The number of aryl methyl sites for hydroxylation is 1. The smallest absolute Gasteiger partial charge is 0.163 e. The second kappa shape index (κ2) is 5.78. The lowest BCUT2D eigenvalue weighted by molar-refractivity contribution is 0.0975. The summed E-state index contributed by atoms with van der Waals surface area (Å²) in [6.07, 6.45) is 7.13. The van der Waals surface area contributed by atoms with E-state index in [9.17, 15) is 4.79 Å². The summed E-state index contributed by atoms with van der Waals surface area (Å²) in [5.41, 5.74) is 2.06. The molecule has 0 atom stereocenters. The molecule has 0 amide bonds. The zero-order valence-electron chi connectivity index (χ0n) is 12.2. The summed E-state index contributed by atoms with van der Waals surface area (Å²) in [4.78, 5) is 12.6. The molecule has 1 aliphatic carbocycles. The minimum Gasteiger partial charge on any atom is -0.294 e. The molecule has 2 aromatic carbocycles. The number of carbonyl (C=O) groups is 1. The van der Waals surface area contributed by atoms with E-state index >= 15 is 0 Å². The zero-order chi connectivity index (χ0) is 13.9. The monoisotopic (exact) mass is 266 g/mol. The lowest BCUT2D eigenvalue weighted by Gasteiger charge is -2.11. The van der Waals surface area contributed by atoms with Crippen LogP contribution in [-0.4, -0.2) is 5.78 Å². The second-order valence-electron chi connectivity index (χ2n) is 6.09. The molecule has 0 aromatic heterocycles. The standard InChI is InChI=1S/C19H22O/c1-14-10-12-16-8-4-5-9-17(16)19(14)18(20)13-11-15-6-2-3-7-15/h4-5,8-10,12,15H,2-3,6-7,11,13H2,1H3. The van der Waals surface area contributed by atoms with E-state index in [0.717, 1.165) is 28.9 Å². The first-order valence-electron chi connectivity index (χ1n) is 7.77. The lowest BCUT2D eigenvalue weighted by Crippen LogP contribution is -2.05. The fraction of sp³-hybridized carbons (Fsp3) is 0.421. The maximum absolute atomic E-state index is 12.6. The van der Waals surface area contributed by atoms with E-state index in [1.54, 1.807) is 0 Å². The SMILES string of the molecule is Cc1ccc2ccccc2c1C(=O)CCC1CCCC1. The highest BCUT2D eigenvalue weighted by Gasteiger charge is 2.18. The molecule has 3 rings (SSSR count). The Bertz CT molecular complexity index is 621. The molecule has 0 heterocycles. The number of hydrogen-bond acceptors (Lipinski definition) is 1. The highest BCUT2D eigenvalue weighted by molar-refractivity contribution is 6.09. The van der Waals surface area contributed by atoms with Gasteiger partial charge in [-0.25, -0.2) is 0 Å². The molecule has 2 aromatic rings. The topological polar surface area (TPSA) is 17.1 Å². The van der Waals surface area contributed by atoms with E-state index in [-0.39, 0.29) is 0 Å². The zero-order valence-corrected chi connectivity index (χ0v) is 12.2. The Morgan fingerprint density at radius 1 is 1.10 bits per heavy atom. The van der Waals surface area contributed by atoms with Gasteiger partial charge in [-0.3, -0.25) is 4.79 Å². The highest BCUT2D eigenvalue weighted by Crippen LogP contribution is 2.30. The maximum Gasteiger partial charge on any atom is 0.163 e. The predicted octanol–water partition coefficient (Wildman–Crippen LogP) is 5.30. The summed E-state index contributed by atoms with van der Waals surface area (Å²) in [6.45, 7) is 2.05. The van der Waals surface area contributed by atoms with E-state index < -0.39 is 0 Å². The lowest BCUT2D eigenvalue weighted by atomic mass is 9.92. The minimum atomic E-state index is 0.325. The van der Waals surface area contributed by atoms with Crippen LogP contribution in [0.3, 0.4) is 0 Å². The van der Waals surface area contributed by atoms with Crippen LogP contribution in [0.4, 0.5) is 0 Å². The summed E-state index contributed by atoms with van der Waals surface area (Å²) >= 11 is 0. The molecule has 104 valence electrons. The van der Waals surface area contributed by atoms with Crippen molar-refractivity contribution in [1.29, 1.82) is 0 Å². The average molecular weight is 266 g/mol. The Morgan fingerprint density at radius 2 is 1.85 bits per heavy atom. The van der Waals surface area contributed by atoms with Crippen molar-refractivity contribution in [2.75, 3.05) is 0 Å². The third kappa shape index (κ3) is 2.63. The first-order valence-corrected chi connectivity index (χ1v) is 7.77. The van der Waals surface area contributed by atoms with E-state index in [1.165, 1.54) is 31.1 Å². The van der Waals surface area contributed by atoms with Crippen LogP contribution >= 0.6 is 0 Å². The van der Waals surface area contributed by atoms with Crippen LogP contribution in [0, 0.1) is 12.8 Å². The molecule has 1 nitrogen and oxygen atoms in total. The molecule has 0 spiro atoms. The molecule has 0 bridgehead atoms. The first kappa shape index (κ1) is 13.4. The highest BCUT2D eigenvalue weighted by atomic mass is 16.1. The van der Waals surface area contributed by atoms with E-state index in [2.05, 4.69) is 31.2 Å². The Labute approximate surface area is 121 Å². The summed E-state index contributed by atoms with van der Waals surface area (Å²) in [7, 11) is 0. The van der Waals surface area contributed by atoms with Gasteiger partial charge in [0.2, 0.25) is 0 Å². The van der Waals surface area contributed by atoms with Crippen LogP contribution in [-0.2, 0) is 0 Å². The minimum absolute atomic E-state index is 0.325. The van der Waals surface area contributed by atoms with Crippen molar-refractivity contribution < 1.29 is 4.79 Å². The number of benzene rings is 2. The van der Waals surface area contributed by atoms with Gasteiger partial charge in [-0.05, 0) is 35.6 Å². The Hall–Kier alpha value is -1.63. The Balaban J connectivity index is 1.84. The van der Waals surface area contributed by atoms with Crippen LogP contribution in [0.5, 0.6) is 0 Å². The summed E-state index contributed by atoms with van der Waals surface area (Å²) in [5, 5.41) is 2.28. The fourth-order valence-electron chi connectivity index (χ4n) is 3.51. The van der Waals surface area contributed by atoms with E-state index in [4.69, 9.17) is 0 Å². The molecule has 0 saturated heterocycles. The molecule has 1 aliphatic rings. The van der Waals surface area contributed by atoms with Crippen LogP contribution in [0.1, 0.15) is 54.4 Å². The predicted molar refractivity (Wildman–Crippen MR) is 84.2 cm³/mol. The molecule has 1 fully saturated rings. The number of Topliss-reactive ketones (excluding diaryl/α,β-unsaturated/α-hetero) is 1. The van der Waals surface area contributed by atoms with Gasteiger partial charge in [-0.2, -0.15) is 0 Å². The van der Waals surface area contributed by atoms with Crippen LogP contribution in [0.2, 0.25) is 0 Å². The van der Waals surface area contributed by atoms with Crippen molar-refractivity contribution in [3.05, 3.63) is 47.5 Å². The first-order chi connectivity index (χ1) is 9.75. The molecule has 1 heteroatoms. The van der Waals surface area contributed by atoms with Crippen molar-refractivity contribution in [2.45, 2.75) is 45.4 Å². The van der Waals surface area contributed by atoms with Crippen LogP contribution in [0.25, 0.3) is 10.8 Å². The average Bonchev–Trinajstić information content (AvgIpc) is 2.98. The molecule has 0 N–H and O–H groups in total. The molecular weight excluding hydrogens is 244 g/mol. The molecule has 0 aliphatic heterocycles. The van der Waals surface area contributed by atoms with Crippen LogP contribution < -0.4 is 0 Å². The van der Waals surface area contributed by atoms with E-state index in [0.29, 0.717) is 12.2 Å². The Kier molecular flexibility index (Phi) is 3.86.